The predicted octanol–water partition coefficient (Wildman–Crippen LogP) is 3.45. The molecule has 1 aliphatic rings. The second-order valence-corrected chi connectivity index (χ2v) is 7.21. The van der Waals surface area contributed by atoms with Crippen LogP contribution >= 0.6 is 12.2 Å². The molecule has 0 spiro atoms. The summed E-state index contributed by atoms with van der Waals surface area (Å²) in [6.45, 7) is 3.77. The van der Waals surface area contributed by atoms with Crippen molar-refractivity contribution in [3.8, 4) is 17.2 Å². The Kier molecular flexibility index (Phi) is 6.47. The highest BCUT2D eigenvalue weighted by atomic mass is 32.1. The molecule has 0 aliphatic carbocycles. The van der Waals surface area contributed by atoms with Gasteiger partial charge >= 0.3 is 0 Å². The molecule has 0 radical (unpaired) electrons. The molecule has 8 heteroatoms. The minimum absolute atomic E-state index is 0.233. The number of aryl methyl sites for hydroxylation is 1. The molecule has 1 heterocycles. The maximum absolute atomic E-state index is 13.3. The minimum atomic E-state index is -0.503. The zero-order valence-corrected chi connectivity index (χ0v) is 18.4. The fourth-order valence-corrected chi connectivity index (χ4v) is 3.69. The fourth-order valence-electron chi connectivity index (χ4n) is 3.42. The number of nitrogens with one attached hydrogen (secondary N) is 3. The van der Waals surface area contributed by atoms with Gasteiger partial charge in [-0.1, -0.05) is 18.2 Å². The Bertz CT molecular complexity index is 994. The van der Waals surface area contributed by atoms with Crippen molar-refractivity contribution in [3.05, 3.63) is 58.8 Å². The second kappa shape index (κ2) is 9.04. The van der Waals surface area contributed by atoms with E-state index in [1.807, 2.05) is 38.1 Å². The molecule has 3 rings (SSSR count). The SMILES string of the molecule is COc1cc([C@H]2NC(=S)NC(C)=C2C(=O)Nc2ccccc2C)cc(OC)c1OC. The zero-order chi connectivity index (χ0) is 21.8. The van der Waals surface area contributed by atoms with Crippen LogP contribution in [-0.4, -0.2) is 32.3 Å². The average Bonchev–Trinajstić information content (AvgIpc) is 2.73. The normalized spacial score (nSPS) is 15.8. The number of benzene rings is 2. The van der Waals surface area contributed by atoms with Gasteiger partial charge in [0, 0.05) is 11.4 Å². The number of allylic oxidation sites excluding steroid dienone is 1. The van der Waals surface area contributed by atoms with E-state index >= 15 is 0 Å². The summed E-state index contributed by atoms with van der Waals surface area (Å²) in [6.07, 6.45) is 0. The molecule has 0 unspecified atom stereocenters. The summed E-state index contributed by atoms with van der Waals surface area (Å²) < 4.78 is 16.4. The van der Waals surface area contributed by atoms with Gasteiger partial charge in [0.1, 0.15) is 0 Å². The summed E-state index contributed by atoms with van der Waals surface area (Å²) in [5.41, 5.74) is 3.66. The van der Waals surface area contributed by atoms with E-state index < -0.39 is 6.04 Å². The van der Waals surface area contributed by atoms with Crippen molar-refractivity contribution in [2.24, 2.45) is 0 Å². The van der Waals surface area contributed by atoms with Crippen molar-refractivity contribution in [2.45, 2.75) is 19.9 Å². The lowest BCUT2D eigenvalue weighted by molar-refractivity contribution is -0.113. The standard InChI is InChI=1S/C22H25N3O4S/c1-12-8-6-7-9-15(12)24-21(26)18-13(2)23-22(30)25-19(18)14-10-16(27-3)20(29-5)17(11-14)28-4/h6-11,19H,1-5H3,(H,24,26)(H2,23,25,30)/t19-/m1/s1. The molecule has 158 valence electrons. The lowest BCUT2D eigenvalue weighted by atomic mass is 9.94. The molecule has 1 aliphatic heterocycles. The number of hydrogen-bond donors (Lipinski definition) is 3. The summed E-state index contributed by atoms with van der Waals surface area (Å²) in [6, 6.07) is 10.7. The summed E-state index contributed by atoms with van der Waals surface area (Å²) >= 11 is 5.35. The third-order valence-electron chi connectivity index (χ3n) is 4.93. The predicted molar refractivity (Wildman–Crippen MR) is 120 cm³/mol. The molecular formula is C22H25N3O4S. The van der Waals surface area contributed by atoms with Gasteiger partial charge in [-0.05, 0) is 55.4 Å². The number of amides is 1. The first-order valence-electron chi connectivity index (χ1n) is 9.34. The first-order valence-corrected chi connectivity index (χ1v) is 9.75. The Balaban J connectivity index is 2.06. The lowest BCUT2D eigenvalue weighted by Crippen LogP contribution is -2.45. The smallest absolute Gasteiger partial charge is 0.255 e. The molecule has 3 N–H and O–H groups in total. The van der Waals surface area contributed by atoms with Gasteiger partial charge in [-0.3, -0.25) is 4.79 Å². The third-order valence-corrected chi connectivity index (χ3v) is 5.15. The maximum atomic E-state index is 13.3. The molecule has 0 bridgehead atoms. The average molecular weight is 428 g/mol. The Morgan fingerprint density at radius 2 is 1.67 bits per heavy atom. The van der Waals surface area contributed by atoms with E-state index in [2.05, 4.69) is 16.0 Å². The Morgan fingerprint density at radius 1 is 1.03 bits per heavy atom. The maximum Gasteiger partial charge on any atom is 0.255 e. The van der Waals surface area contributed by atoms with Crippen molar-refractivity contribution in [1.29, 1.82) is 0 Å². The van der Waals surface area contributed by atoms with E-state index in [0.717, 1.165) is 16.8 Å². The Hall–Kier alpha value is -3.26. The van der Waals surface area contributed by atoms with Crippen LogP contribution in [-0.2, 0) is 4.79 Å². The van der Waals surface area contributed by atoms with E-state index in [9.17, 15) is 4.79 Å². The number of rotatable bonds is 6. The van der Waals surface area contributed by atoms with E-state index in [-0.39, 0.29) is 5.91 Å². The number of para-hydroxylation sites is 1. The van der Waals surface area contributed by atoms with Crippen LogP contribution in [0.2, 0.25) is 0 Å². The molecule has 30 heavy (non-hydrogen) atoms. The van der Waals surface area contributed by atoms with Crippen LogP contribution in [0.4, 0.5) is 5.69 Å². The van der Waals surface area contributed by atoms with Gasteiger partial charge in [-0.25, -0.2) is 0 Å². The van der Waals surface area contributed by atoms with Gasteiger partial charge < -0.3 is 30.2 Å². The largest absolute Gasteiger partial charge is 0.493 e. The quantitative estimate of drug-likeness (QED) is 0.609. The third kappa shape index (κ3) is 4.18. The van der Waals surface area contributed by atoms with Gasteiger partial charge in [-0.15, -0.1) is 0 Å². The summed E-state index contributed by atoms with van der Waals surface area (Å²) in [7, 11) is 4.64. The molecule has 0 saturated carbocycles. The van der Waals surface area contributed by atoms with Crippen LogP contribution in [0.25, 0.3) is 0 Å². The monoisotopic (exact) mass is 427 g/mol. The number of carbonyl (C=O) groups is 1. The minimum Gasteiger partial charge on any atom is -0.493 e. The number of thiocarbonyl (C=S) groups is 1. The molecule has 0 saturated heterocycles. The van der Waals surface area contributed by atoms with Crippen molar-refractivity contribution in [2.75, 3.05) is 26.6 Å². The van der Waals surface area contributed by atoms with Gasteiger partial charge in [0.25, 0.3) is 5.91 Å². The van der Waals surface area contributed by atoms with E-state index in [1.165, 1.54) is 0 Å². The topological polar surface area (TPSA) is 80.9 Å². The second-order valence-electron chi connectivity index (χ2n) is 6.80. The van der Waals surface area contributed by atoms with Crippen molar-refractivity contribution in [3.63, 3.8) is 0 Å². The first kappa shape index (κ1) is 21.4. The highest BCUT2D eigenvalue weighted by Gasteiger charge is 2.31. The van der Waals surface area contributed by atoms with Crippen LogP contribution in [0.1, 0.15) is 24.1 Å². The van der Waals surface area contributed by atoms with Crippen LogP contribution in [0.5, 0.6) is 17.2 Å². The molecule has 1 amide bonds. The number of ether oxygens (including phenoxy) is 3. The fraction of sp³-hybridized carbons (Fsp3) is 0.273. The molecular weight excluding hydrogens is 402 g/mol. The van der Waals surface area contributed by atoms with Gasteiger partial charge in [0.15, 0.2) is 16.6 Å². The van der Waals surface area contributed by atoms with Crippen molar-refractivity contribution < 1.29 is 19.0 Å². The van der Waals surface area contributed by atoms with Crippen molar-refractivity contribution in [1.82, 2.24) is 10.6 Å². The van der Waals surface area contributed by atoms with Crippen LogP contribution in [0, 0.1) is 6.92 Å². The van der Waals surface area contributed by atoms with E-state index in [4.69, 9.17) is 26.4 Å². The first-order chi connectivity index (χ1) is 14.4. The molecule has 7 nitrogen and oxygen atoms in total. The van der Waals surface area contributed by atoms with E-state index in [1.54, 1.807) is 33.5 Å². The van der Waals surface area contributed by atoms with Gasteiger partial charge in [0.2, 0.25) is 5.75 Å². The molecule has 2 aromatic rings. The molecule has 0 aromatic heterocycles. The van der Waals surface area contributed by atoms with Crippen LogP contribution < -0.4 is 30.2 Å². The van der Waals surface area contributed by atoms with Crippen LogP contribution in [0.15, 0.2) is 47.7 Å². The van der Waals surface area contributed by atoms with Gasteiger partial charge in [0.05, 0.1) is 32.9 Å². The molecule has 2 aromatic carbocycles. The highest BCUT2D eigenvalue weighted by Crippen LogP contribution is 2.41. The summed E-state index contributed by atoms with van der Waals surface area (Å²) in [4.78, 5) is 13.3. The number of hydrogen-bond acceptors (Lipinski definition) is 5. The molecule has 0 fully saturated rings. The van der Waals surface area contributed by atoms with Crippen LogP contribution in [0.3, 0.4) is 0 Å². The Morgan fingerprint density at radius 3 is 2.23 bits per heavy atom. The van der Waals surface area contributed by atoms with E-state index in [0.29, 0.717) is 33.6 Å². The van der Waals surface area contributed by atoms with Crippen molar-refractivity contribution >= 4 is 28.9 Å². The zero-order valence-electron chi connectivity index (χ0n) is 17.6. The highest BCUT2D eigenvalue weighted by molar-refractivity contribution is 7.80. The number of carbonyl (C=O) groups excluding carboxylic acids is 1. The lowest BCUT2D eigenvalue weighted by Gasteiger charge is -2.31. The summed E-state index contributed by atoms with van der Waals surface area (Å²) in [5, 5.41) is 9.65. The Labute approximate surface area is 181 Å². The number of anilines is 1. The summed E-state index contributed by atoms with van der Waals surface area (Å²) in [5.74, 6) is 1.23. The molecule has 1 atom stereocenters. The van der Waals surface area contributed by atoms with Gasteiger partial charge in [-0.2, -0.15) is 0 Å². The number of methoxy groups -OCH3 is 3.